The molecule has 1 amide bonds. The van der Waals surface area contributed by atoms with Crippen LogP contribution in [0.25, 0.3) is 0 Å². The van der Waals surface area contributed by atoms with E-state index in [1.54, 1.807) is 6.26 Å². The van der Waals surface area contributed by atoms with Crippen LogP contribution in [0, 0.1) is 5.41 Å². The molecule has 3 aliphatic heterocycles. The van der Waals surface area contributed by atoms with E-state index in [9.17, 15) is 4.79 Å². The van der Waals surface area contributed by atoms with Crippen molar-refractivity contribution in [3.05, 3.63) is 24.2 Å². The quantitative estimate of drug-likeness (QED) is 0.851. The number of furan rings is 1. The number of carbonyl (C=O) groups excluding carboxylic acids is 1. The first-order valence-electron chi connectivity index (χ1n) is 9.38. The zero-order chi connectivity index (χ0) is 16.6. The average molecular weight is 331 g/mol. The molecule has 3 fully saturated rings. The third kappa shape index (κ3) is 3.11. The summed E-state index contributed by atoms with van der Waals surface area (Å²) in [4.78, 5) is 19.8. The lowest BCUT2D eigenvalue weighted by Crippen LogP contribution is -2.42. The van der Waals surface area contributed by atoms with Gasteiger partial charge in [-0.15, -0.1) is 0 Å². The highest BCUT2D eigenvalue weighted by molar-refractivity contribution is 5.82. The molecule has 132 valence electrons. The van der Waals surface area contributed by atoms with Gasteiger partial charge in [0.1, 0.15) is 0 Å². The number of piperidine rings is 1. The number of rotatable bonds is 3. The van der Waals surface area contributed by atoms with Gasteiger partial charge in [-0.25, -0.2) is 0 Å². The Labute approximate surface area is 144 Å². The topological polar surface area (TPSA) is 39.9 Å². The van der Waals surface area contributed by atoms with Crippen LogP contribution in [0.3, 0.4) is 0 Å². The van der Waals surface area contributed by atoms with Crippen molar-refractivity contribution in [3.63, 3.8) is 0 Å². The third-order valence-electron chi connectivity index (χ3n) is 6.35. The van der Waals surface area contributed by atoms with Gasteiger partial charge in [-0.3, -0.25) is 14.6 Å². The van der Waals surface area contributed by atoms with Crippen molar-refractivity contribution in [1.82, 2.24) is 14.7 Å². The fourth-order valence-electron chi connectivity index (χ4n) is 4.88. The first-order valence-corrected chi connectivity index (χ1v) is 9.38. The summed E-state index contributed by atoms with van der Waals surface area (Å²) >= 11 is 0. The predicted molar refractivity (Wildman–Crippen MR) is 92.5 cm³/mol. The maximum absolute atomic E-state index is 12.8. The van der Waals surface area contributed by atoms with Gasteiger partial charge in [0.25, 0.3) is 0 Å². The molecule has 4 heterocycles. The molecule has 0 bridgehead atoms. The summed E-state index contributed by atoms with van der Waals surface area (Å²) in [6, 6.07) is 2.17. The maximum Gasteiger partial charge on any atom is 0.239 e. The Morgan fingerprint density at radius 3 is 2.67 bits per heavy atom. The molecule has 3 aliphatic rings. The fraction of sp³-hybridized carbons (Fsp3) is 0.737. The van der Waals surface area contributed by atoms with Crippen molar-refractivity contribution >= 4 is 5.91 Å². The Hall–Kier alpha value is -1.33. The van der Waals surface area contributed by atoms with Crippen molar-refractivity contribution < 1.29 is 9.21 Å². The molecule has 5 nitrogen and oxygen atoms in total. The molecule has 0 aromatic carbocycles. The monoisotopic (exact) mass is 331 g/mol. The molecular weight excluding hydrogens is 302 g/mol. The summed E-state index contributed by atoms with van der Waals surface area (Å²) in [6.45, 7) is 6.26. The molecule has 0 aliphatic carbocycles. The number of nitrogens with zero attached hydrogens (tertiary/aromatic N) is 3. The summed E-state index contributed by atoms with van der Waals surface area (Å²) in [6.07, 6.45) is 9.42. The average Bonchev–Trinajstić information content (AvgIpc) is 3.32. The molecule has 3 saturated heterocycles. The van der Waals surface area contributed by atoms with Gasteiger partial charge in [0.05, 0.1) is 18.6 Å². The van der Waals surface area contributed by atoms with Crippen molar-refractivity contribution in [2.45, 2.75) is 44.7 Å². The van der Waals surface area contributed by atoms with E-state index in [1.165, 1.54) is 31.2 Å². The Bertz CT molecular complexity index is 557. The predicted octanol–water partition coefficient (Wildman–Crippen LogP) is 2.19. The van der Waals surface area contributed by atoms with Gasteiger partial charge in [-0.2, -0.15) is 0 Å². The minimum Gasteiger partial charge on any atom is -0.472 e. The highest BCUT2D eigenvalue weighted by Gasteiger charge is 2.47. The highest BCUT2D eigenvalue weighted by atomic mass is 16.3. The summed E-state index contributed by atoms with van der Waals surface area (Å²) in [7, 11) is 2.14. The van der Waals surface area contributed by atoms with E-state index in [0.29, 0.717) is 11.3 Å². The summed E-state index contributed by atoms with van der Waals surface area (Å²) in [5, 5.41) is 0. The van der Waals surface area contributed by atoms with Crippen molar-refractivity contribution in [3.8, 4) is 0 Å². The lowest BCUT2D eigenvalue weighted by Gasteiger charge is -2.39. The lowest BCUT2D eigenvalue weighted by molar-refractivity contribution is -0.134. The molecule has 0 N–H and O–H groups in total. The van der Waals surface area contributed by atoms with Gasteiger partial charge in [0, 0.05) is 31.7 Å². The Balaban J connectivity index is 1.34. The van der Waals surface area contributed by atoms with Crippen molar-refractivity contribution in [2.24, 2.45) is 5.41 Å². The molecule has 0 saturated carbocycles. The van der Waals surface area contributed by atoms with Crippen LogP contribution in [-0.4, -0.2) is 66.4 Å². The molecule has 0 radical (unpaired) electrons. The van der Waals surface area contributed by atoms with Gasteiger partial charge in [0.2, 0.25) is 5.91 Å². The van der Waals surface area contributed by atoms with Crippen LogP contribution in [0.15, 0.2) is 23.0 Å². The second kappa shape index (κ2) is 6.52. The van der Waals surface area contributed by atoms with Gasteiger partial charge < -0.3 is 9.32 Å². The summed E-state index contributed by atoms with van der Waals surface area (Å²) in [5.74, 6) is 0.382. The van der Waals surface area contributed by atoms with Gasteiger partial charge in [-0.05, 0) is 63.7 Å². The Morgan fingerprint density at radius 1 is 1.25 bits per heavy atom. The number of carbonyl (C=O) groups is 1. The smallest absolute Gasteiger partial charge is 0.239 e. The van der Waals surface area contributed by atoms with E-state index >= 15 is 0 Å². The second-order valence-electron chi connectivity index (χ2n) is 8.08. The number of hydrogen-bond donors (Lipinski definition) is 0. The third-order valence-corrected chi connectivity index (χ3v) is 6.35. The second-order valence-corrected chi connectivity index (χ2v) is 8.08. The van der Waals surface area contributed by atoms with E-state index in [-0.39, 0.29) is 6.04 Å². The zero-order valence-corrected chi connectivity index (χ0v) is 14.7. The first-order chi connectivity index (χ1) is 11.7. The van der Waals surface area contributed by atoms with Gasteiger partial charge in [0.15, 0.2) is 0 Å². The zero-order valence-electron chi connectivity index (χ0n) is 14.7. The molecule has 1 unspecified atom stereocenters. The van der Waals surface area contributed by atoms with E-state index < -0.39 is 0 Å². The molecule has 1 spiro atoms. The maximum atomic E-state index is 12.8. The molecule has 4 rings (SSSR count). The minimum absolute atomic E-state index is 0.114. The molecule has 1 aromatic heterocycles. The van der Waals surface area contributed by atoms with E-state index in [2.05, 4.69) is 27.8 Å². The van der Waals surface area contributed by atoms with Crippen molar-refractivity contribution in [1.29, 1.82) is 0 Å². The summed E-state index contributed by atoms with van der Waals surface area (Å²) < 4.78 is 5.18. The number of likely N-dealkylation sites (N-methyl/N-ethyl adjacent to an activating group) is 1. The van der Waals surface area contributed by atoms with Crippen LogP contribution < -0.4 is 0 Å². The molecule has 1 aromatic rings. The molecule has 24 heavy (non-hydrogen) atoms. The Kier molecular flexibility index (Phi) is 4.39. The van der Waals surface area contributed by atoms with Crippen LogP contribution in [0.5, 0.6) is 0 Å². The van der Waals surface area contributed by atoms with Crippen LogP contribution in [-0.2, 0) is 11.3 Å². The lowest BCUT2D eigenvalue weighted by atomic mass is 9.76. The van der Waals surface area contributed by atoms with E-state index in [1.807, 2.05) is 6.26 Å². The van der Waals surface area contributed by atoms with Gasteiger partial charge >= 0.3 is 0 Å². The molecular formula is C19H29N3O2. The van der Waals surface area contributed by atoms with Crippen LogP contribution in [0.2, 0.25) is 0 Å². The number of hydrogen-bond acceptors (Lipinski definition) is 4. The van der Waals surface area contributed by atoms with Crippen LogP contribution in [0.1, 0.15) is 37.7 Å². The van der Waals surface area contributed by atoms with Crippen LogP contribution >= 0.6 is 0 Å². The SMILES string of the molecule is CN1CC2(CCN(Cc3ccoc3)CC2)CC1C(=O)N1CCCC1. The minimum atomic E-state index is 0.114. The fourth-order valence-corrected chi connectivity index (χ4v) is 4.88. The summed E-state index contributed by atoms with van der Waals surface area (Å²) in [5.41, 5.74) is 1.61. The highest BCUT2D eigenvalue weighted by Crippen LogP contribution is 2.43. The molecule has 1 atom stereocenters. The van der Waals surface area contributed by atoms with Gasteiger partial charge in [-0.1, -0.05) is 0 Å². The standard InChI is InChI=1S/C19H29N3O2/c1-20-15-19(12-17(20)18(23)22-7-2-3-8-22)5-9-21(10-6-19)13-16-4-11-24-14-16/h4,11,14,17H,2-3,5-10,12-13,15H2,1H3. The van der Waals surface area contributed by atoms with Crippen molar-refractivity contribution in [2.75, 3.05) is 39.8 Å². The number of likely N-dealkylation sites (tertiary alicyclic amines) is 3. The normalized spacial score (nSPS) is 28.0. The number of amides is 1. The molecule has 5 heteroatoms. The largest absolute Gasteiger partial charge is 0.472 e. The first kappa shape index (κ1) is 16.2. The van der Waals surface area contributed by atoms with Crippen LogP contribution in [0.4, 0.5) is 0 Å². The van der Waals surface area contributed by atoms with E-state index in [0.717, 1.165) is 45.7 Å². The van der Waals surface area contributed by atoms with E-state index in [4.69, 9.17) is 4.42 Å². The Morgan fingerprint density at radius 2 is 2.00 bits per heavy atom.